The topological polar surface area (TPSA) is 87.7 Å². The van der Waals surface area contributed by atoms with E-state index >= 15 is 0 Å². The van der Waals surface area contributed by atoms with Crippen LogP contribution in [0.25, 0.3) is 0 Å². The second-order valence-electron chi connectivity index (χ2n) is 7.78. The van der Waals surface area contributed by atoms with E-state index in [0.717, 1.165) is 12.1 Å². The summed E-state index contributed by atoms with van der Waals surface area (Å²) in [5, 5.41) is 5.68. The number of carbonyl (C=O) groups excluding carboxylic acids is 3. The molecule has 2 aromatic rings. The second kappa shape index (κ2) is 10.3. The van der Waals surface area contributed by atoms with E-state index in [1.807, 2.05) is 13.8 Å². The van der Waals surface area contributed by atoms with Gasteiger partial charge in [-0.1, -0.05) is 25.4 Å². The maximum absolute atomic E-state index is 12.3. The fourth-order valence-electron chi connectivity index (χ4n) is 3.13. The average molecular weight is 444 g/mol. The Morgan fingerprint density at radius 3 is 2.52 bits per heavy atom. The van der Waals surface area contributed by atoms with Crippen LogP contribution >= 0.6 is 11.6 Å². The first-order valence-corrected chi connectivity index (χ1v) is 10.6. The van der Waals surface area contributed by atoms with Crippen LogP contribution in [-0.2, 0) is 9.59 Å². The molecule has 1 saturated heterocycles. The molecule has 31 heavy (non-hydrogen) atoms. The van der Waals surface area contributed by atoms with Crippen molar-refractivity contribution in [2.24, 2.45) is 5.92 Å². The van der Waals surface area contributed by atoms with E-state index in [1.54, 1.807) is 47.4 Å². The Kier molecular flexibility index (Phi) is 7.52. The zero-order valence-electron chi connectivity index (χ0n) is 17.6. The number of hydrogen-bond donors (Lipinski definition) is 2. The lowest BCUT2D eigenvalue weighted by molar-refractivity contribution is -0.117. The van der Waals surface area contributed by atoms with Gasteiger partial charge in [0, 0.05) is 29.9 Å². The molecule has 1 heterocycles. The minimum atomic E-state index is -0.375. The molecule has 0 radical (unpaired) electrons. The molecule has 1 aliphatic heterocycles. The molecule has 2 aromatic carbocycles. The molecule has 0 unspecified atom stereocenters. The molecular formula is C23H26ClN3O4. The Hall–Kier alpha value is -3.06. The molecule has 0 aromatic heterocycles. The number of benzene rings is 2. The zero-order valence-corrected chi connectivity index (χ0v) is 18.4. The summed E-state index contributed by atoms with van der Waals surface area (Å²) in [6, 6.07) is 11.8. The van der Waals surface area contributed by atoms with E-state index < -0.39 is 0 Å². The highest BCUT2D eigenvalue weighted by molar-refractivity contribution is 6.32. The molecule has 3 rings (SSSR count). The predicted molar refractivity (Wildman–Crippen MR) is 121 cm³/mol. The summed E-state index contributed by atoms with van der Waals surface area (Å²) < 4.78 is 5.61. The number of amides is 3. The minimum Gasteiger partial charge on any atom is -0.492 e. The van der Waals surface area contributed by atoms with Crippen LogP contribution < -0.4 is 20.3 Å². The van der Waals surface area contributed by atoms with Gasteiger partial charge in [0.25, 0.3) is 5.91 Å². The lowest BCUT2D eigenvalue weighted by Gasteiger charge is -2.15. The van der Waals surface area contributed by atoms with Gasteiger partial charge in [0.2, 0.25) is 11.8 Å². The highest BCUT2D eigenvalue weighted by Gasteiger charge is 2.21. The van der Waals surface area contributed by atoms with Crippen molar-refractivity contribution in [3.63, 3.8) is 0 Å². The second-order valence-corrected chi connectivity index (χ2v) is 8.18. The summed E-state index contributed by atoms with van der Waals surface area (Å²) in [5.41, 5.74) is 1.70. The third-order valence-corrected chi connectivity index (χ3v) is 5.01. The van der Waals surface area contributed by atoms with Gasteiger partial charge in [-0.05, 0) is 54.8 Å². The molecular weight excluding hydrogens is 418 g/mol. The van der Waals surface area contributed by atoms with Gasteiger partial charge in [-0.15, -0.1) is 0 Å². The molecule has 0 bridgehead atoms. The molecule has 0 spiro atoms. The van der Waals surface area contributed by atoms with Crippen molar-refractivity contribution in [2.75, 3.05) is 29.9 Å². The molecule has 164 valence electrons. The van der Waals surface area contributed by atoms with Crippen molar-refractivity contribution in [1.29, 1.82) is 0 Å². The number of rotatable bonds is 8. The summed E-state index contributed by atoms with van der Waals surface area (Å²) in [6.07, 6.45) is 1.39. The largest absolute Gasteiger partial charge is 0.492 e. The van der Waals surface area contributed by atoms with Crippen LogP contribution in [0.5, 0.6) is 5.75 Å². The Morgan fingerprint density at radius 1 is 1.16 bits per heavy atom. The van der Waals surface area contributed by atoms with Gasteiger partial charge in [0.1, 0.15) is 5.75 Å². The number of carbonyl (C=O) groups is 3. The van der Waals surface area contributed by atoms with Gasteiger partial charge < -0.3 is 20.3 Å². The van der Waals surface area contributed by atoms with Crippen LogP contribution in [0.1, 0.15) is 37.0 Å². The fourth-order valence-corrected chi connectivity index (χ4v) is 3.37. The standard InChI is InChI=1S/C23H26ClN3O4/c1-15(2)14-31-20-10-7-17(12-19(20)24)26-21(28)13-25-23(30)16-5-8-18(9-6-16)27-11-3-4-22(27)29/h5-10,12,15H,3-4,11,13-14H2,1-2H3,(H,25,30)(H,26,28). The van der Waals surface area contributed by atoms with E-state index in [4.69, 9.17) is 16.3 Å². The molecule has 0 aliphatic carbocycles. The highest BCUT2D eigenvalue weighted by Crippen LogP contribution is 2.28. The summed E-state index contributed by atoms with van der Waals surface area (Å²) >= 11 is 6.20. The zero-order chi connectivity index (χ0) is 22.4. The normalized spacial score (nSPS) is 13.4. The maximum atomic E-state index is 12.3. The van der Waals surface area contributed by atoms with Gasteiger partial charge in [-0.3, -0.25) is 14.4 Å². The van der Waals surface area contributed by atoms with Crippen molar-refractivity contribution in [2.45, 2.75) is 26.7 Å². The van der Waals surface area contributed by atoms with Crippen LogP contribution in [0.2, 0.25) is 5.02 Å². The van der Waals surface area contributed by atoms with Gasteiger partial charge in [0.15, 0.2) is 0 Å². The molecule has 7 nitrogen and oxygen atoms in total. The van der Waals surface area contributed by atoms with Gasteiger partial charge in [-0.2, -0.15) is 0 Å². The molecule has 1 fully saturated rings. The number of nitrogens with zero attached hydrogens (tertiary/aromatic N) is 1. The number of ether oxygens (including phenoxy) is 1. The smallest absolute Gasteiger partial charge is 0.251 e. The molecule has 0 atom stereocenters. The van der Waals surface area contributed by atoms with Gasteiger partial charge in [-0.25, -0.2) is 0 Å². The van der Waals surface area contributed by atoms with Crippen molar-refractivity contribution in [1.82, 2.24) is 5.32 Å². The van der Waals surface area contributed by atoms with E-state index in [0.29, 0.717) is 47.5 Å². The lowest BCUT2D eigenvalue weighted by Crippen LogP contribution is -2.32. The summed E-state index contributed by atoms with van der Waals surface area (Å²) in [4.78, 5) is 38.0. The lowest BCUT2D eigenvalue weighted by atomic mass is 10.2. The molecule has 1 aliphatic rings. The van der Waals surface area contributed by atoms with E-state index in [1.165, 1.54) is 0 Å². The van der Waals surface area contributed by atoms with Crippen LogP contribution in [-0.4, -0.2) is 37.4 Å². The van der Waals surface area contributed by atoms with Crippen LogP contribution in [0.4, 0.5) is 11.4 Å². The molecule has 3 amide bonds. The first-order chi connectivity index (χ1) is 14.8. The number of halogens is 1. The Balaban J connectivity index is 1.49. The molecule has 0 saturated carbocycles. The van der Waals surface area contributed by atoms with Crippen LogP contribution in [0, 0.1) is 5.92 Å². The highest BCUT2D eigenvalue weighted by atomic mass is 35.5. The first kappa shape index (κ1) is 22.6. The maximum Gasteiger partial charge on any atom is 0.251 e. The number of anilines is 2. The van der Waals surface area contributed by atoms with Crippen LogP contribution in [0.3, 0.4) is 0 Å². The fraction of sp³-hybridized carbons (Fsp3) is 0.348. The average Bonchev–Trinajstić information content (AvgIpc) is 3.17. The minimum absolute atomic E-state index is 0.0912. The summed E-state index contributed by atoms with van der Waals surface area (Å²) in [5.74, 6) is 0.275. The number of hydrogen-bond acceptors (Lipinski definition) is 4. The quantitative estimate of drug-likeness (QED) is 0.648. The van der Waals surface area contributed by atoms with Gasteiger partial charge >= 0.3 is 0 Å². The Labute approximate surface area is 186 Å². The third-order valence-electron chi connectivity index (χ3n) is 4.71. The predicted octanol–water partition coefficient (Wildman–Crippen LogP) is 3.87. The first-order valence-electron chi connectivity index (χ1n) is 10.2. The summed E-state index contributed by atoms with van der Waals surface area (Å²) in [6.45, 7) is 5.14. The molecule has 2 N–H and O–H groups in total. The van der Waals surface area contributed by atoms with Crippen molar-refractivity contribution >= 4 is 40.7 Å². The SMILES string of the molecule is CC(C)COc1ccc(NC(=O)CNC(=O)c2ccc(N3CCCC3=O)cc2)cc1Cl. The van der Waals surface area contributed by atoms with Crippen molar-refractivity contribution in [3.8, 4) is 5.75 Å². The van der Waals surface area contributed by atoms with Crippen LogP contribution in [0.15, 0.2) is 42.5 Å². The molecule has 8 heteroatoms. The Morgan fingerprint density at radius 2 is 1.90 bits per heavy atom. The van der Waals surface area contributed by atoms with E-state index in [2.05, 4.69) is 10.6 Å². The number of nitrogens with one attached hydrogen (secondary N) is 2. The van der Waals surface area contributed by atoms with E-state index in [-0.39, 0.29) is 24.3 Å². The monoisotopic (exact) mass is 443 g/mol. The van der Waals surface area contributed by atoms with Crippen molar-refractivity contribution < 1.29 is 19.1 Å². The Bertz CT molecular complexity index is 960. The van der Waals surface area contributed by atoms with Gasteiger partial charge in [0.05, 0.1) is 18.2 Å². The third kappa shape index (κ3) is 6.21. The van der Waals surface area contributed by atoms with E-state index in [9.17, 15) is 14.4 Å². The van der Waals surface area contributed by atoms with Crippen molar-refractivity contribution in [3.05, 3.63) is 53.1 Å². The summed E-state index contributed by atoms with van der Waals surface area (Å²) in [7, 11) is 0.